The maximum Gasteiger partial charge on any atom is 0.191 e. The number of hydrogen-bond donors (Lipinski definition) is 2. The number of fused-ring (bicyclic) bond motifs is 1. The van der Waals surface area contributed by atoms with Gasteiger partial charge < -0.3 is 25.0 Å². The molecule has 0 bridgehead atoms. The highest BCUT2D eigenvalue weighted by atomic mass is 16.5. The van der Waals surface area contributed by atoms with Gasteiger partial charge in [-0.1, -0.05) is 13.8 Å². The summed E-state index contributed by atoms with van der Waals surface area (Å²) in [6.45, 7) is 11.1. The zero-order valence-corrected chi connectivity index (χ0v) is 17.4. The van der Waals surface area contributed by atoms with Gasteiger partial charge in [0.2, 0.25) is 0 Å². The molecule has 3 aliphatic heterocycles. The third kappa shape index (κ3) is 4.13. The fourth-order valence-electron chi connectivity index (χ4n) is 5.68. The molecule has 0 amide bonds. The van der Waals surface area contributed by atoms with E-state index in [1.54, 1.807) is 0 Å². The Morgan fingerprint density at radius 1 is 1.11 bits per heavy atom. The van der Waals surface area contributed by atoms with Gasteiger partial charge in [-0.05, 0) is 38.0 Å². The van der Waals surface area contributed by atoms with Gasteiger partial charge in [-0.2, -0.15) is 0 Å². The number of hydrogen-bond acceptors (Lipinski definition) is 4. The van der Waals surface area contributed by atoms with Crippen LogP contribution in [0.15, 0.2) is 4.99 Å². The summed E-state index contributed by atoms with van der Waals surface area (Å²) in [6.07, 6.45) is 6.48. The van der Waals surface area contributed by atoms with E-state index in [9.17, 15) is 0 Å². The average Bonchev–Trinajstić information content (AvgIpc) is 3.19. The number of rotatable bonds is 4. The molecule has 4 rings (SSSR count). The minimum absolute atomic E-state index is 0.176. The van der Waals surface area contributed by atoms with Gasteiger partial charge in [-0.25, -0.2) is 0 Å². The molecule has 1 aliphatic carbocycles. The molecule has 0 aromatic heterocycles. The van der Waals surface area contributed by atoms with Crippen LogP contribution in [0.5, 0.6) is 0 Å². The molecule has 0 spiro atoms. The van der Waals surface area contributed by atoms with Gasteiger partial charge >= 0.3 is 0 Å². The standard InChI is InChI=1S/C21H38N4O2/c1-21(2)18(17-5-4-11-27-19(17)21)24-20(22-3)23-16-6-9-25(10-7-16)13-15-8-12-26-14-15/h15-19H,4-14H2,1-3H3,(H2,22,23,24). The van der Waals surface area contributed by atoms with Crippen LogP contribution in [0.2, 0.25) is 0 Å². The third-order valence-corrected chi connectivity index (χ3v) is 7.32. The molecule has 2 N–H and O–H groups in total. The Labute approximate surface area is 164 Å². The van der Waals surface area contributed by atoms with E-state index in [4.69, 9.17) is 9.47 Å². The summed E-state index contributed by atoms with van der Waals surface area (Å²) in [4.78, 5) is 7.15. The molecular weight excluding hydrogens is 340 g/mol. The quantitative estimate of drug-likeness (QED) is 0.578. The van der Waals surface area contributed by atoms with Crippen molar-refractivity contribution in [2.75, 3.05) is 46.5 Å². The molecule has 0 radical (unpaired) electrons. The van der Waals surface area contributed by atoms with Crippen molar-refractivity contribution in [3.05, 3.63) is 0 Å². The maximum atomic E-state index is 6.04. The molecule has 3 heterocycles. The first-order valence-electron chi connectivity index (χ1n) is 11.0. The molecule has 4 unspecified atom stereocenters. The summed E-state index contributed by atoms with van der Waals surface area (Å²) in [5, 5.41) is 7.44. The van der Waals surface area contributed by atoms with Gasteiger partial charge in [0.05, 0.1) is 12.7 Å². The van der Waals surface area contributed by atoms with E-state index < -0.39 is 0 Å². The molecule has 154 valence electrons. The maximum absolute atomic E-state index is 6.04. The lowest BCUT2D eigenvalue weighted by molar-refractivity contribution is -0.188. The van der Waals surface area contributed by atoms with Crippen LogP contribution in [0.1, 0.15) is 46.0 Å². The lowest BCUT2D eigenvalue weighted by atomic mass is 9.55. The molecule has 6 nitrogen and oxygen atoms in total. The third-order valence-electron chi connectivity index (χ3n) is 7.32. The number of ether oxygens (including phenoxy) is 2. The minimum Gasteiger partial charge on any atom is -0.381 e. The van der Waals surface area contributed by atoms with E-state index in [2.05, 4.69) is 34.4 Å². The zero-order valence-electron chi connectivity index (χ0n) is 17.4. The van der Waals surface area contributed by atoms with Gasteiger partial charge in [0.15, 0.2) is 5.96 Å². The van der Waals surface area contributed by atoms with Gasteiger partial charge in [0.25, 0.3) is 0 Å². The molecule has 4 aliphatic rings. The average molecular weight is 379 g/mol. The molecule has 1 saturated carbocycles. The van der Waals surface area contributed by atoms with Gasteiger partial charge in [-0.3, -0.25) is 4.99 Å². The number of piperidine rings is 1. The molecule has 0 aromatic carbocycles. The number of nitrogens with one attached hydrogen (secondary N) is 2. The van der Waals surface area contributed by atoms with Crippen LogP contribution in [0.3, 0.4) is 0 Å². The lowest BCUT2D eigenvalue weighted by Gasteiger charge is -2.60. The molecule has 0 aromatic rings. The van der Waals surface area contributed by atoms with Gasteiger partial charge in [0.1, 0.15) is 0 Å². The Bertz CT molecular complexity index is 524. The fourth-order valence-corrected chi connectivity index (χ4v) is 5.68. The van der Waals surface area contributed by atoms with Crippen molar-refractivity contribution < 1.29 is 9.47 Å². The topological polar surface area (TPSA) is 58.1 Å². The Morgan fingerprint density at radius 3 is 2.63 bits per heavy atom. The van der Waals surface area contributed by atoms with E-state index in [-0.39, 0.29) is 5.41 Å². The Morgan fingerprint density at radius 2 is 1.93 bits per heavy atom. The smallest absolute Gasteiger partial charge is 0.191 e. The normalized spacial score (nSPS) is 37.5. The van der Waals surface area contributed by atoms with E-state index in [1.165, 1.54) is 51.7 Å². The highest BCUT2D eigenvalue weighted by molar-refractivity contribution is 5.80. The highest BCUT2D eigenvalue weighted by Gasteiger charge is 2.58. The van der Waals surface area contributed by atoms with Crippen molar-refractivity contribution in [2.24, 2.45) is 22.2 Å². The predicted octanol–water partition coefficient (Wildman–Crippen LogP) is 1.86. The van der Waals surface area contributed by atoms with Crippen LogP contribution >= 0.6 is 0 Å². The number of aliphatic imine (C=N–C) groups is 1. The largest absolute Gasteiger partial charge is 0.381 e. The first-order chi connectivity index (χ1) is 13.1. The molecule has 4 atom stereocenters. The summed E-state index contributed by atoms with van der Waals surface area (Å²) in [5.41, 5.74) is 0.176. The summed E-state index contributed by atoms with van der Waals surface area (Å²) >= 11 is 0. The first-order valence-corrected chi connectivity index (χ1v) is 11.0. The molecular formula is C21H38N4O2. The number of guanidine groups is 1. The van der Waals surface area contributed by atoms with Crippen molar-refractivity contribution in [2.45, 2.75) is 64.1 Å². The van der Waals surface area contributed by atoms with E-state index in [0.29, 0.717) is 24.1 Å². The minimum atomic E-state index is 0.176. The molecule has 4 fully saturated rings. The predicted molar refractivity (Wildman–Crippen MR) is 108 cm³/mol. The zero-order chi connectivity index (χ0) is 18.9. The van der Waals surface area contributed by atoms with E-state index in [1.807, 2.05) is 7.05 Å². The SMILES string of the molecule is CN=C(NC1CCN(CC2CCOC2)CC1)NC1C2CCCOC2C1(C)C. The summed E-state index contributed by atoms with van der Waals surface area (Å²) in [5.74, 6) is 2.35. The van der Waals surface area contributed by atoms with Crippen LogP contribution in [-0.4, -0.2) is 75.5 Å². The number of nitrogens with zero attached hydrogens (tertiary/aromatic N) is 2. The molecule has 3 saturated heterocycles. The number of likely N-dealkylation sites (tertiary alicyclic amines) is 1. The summed E-state index contributed by atoms with van der Waals surface area (Å²) in [6, 6.07) is 0.977. The van der Waals surface area contributed by atoms with Crippen molar-refractivity contribution >= 4 is 5.96 Å². The second kappa shape index (κ2) is 8.26. The Balaban J connectivity index is 1.24. The Kier molecular flexibility index (Phi) is 5.95. The summed E-state index contributed by atoms with van der Waals surface area (Å²) in [7, 11) is 1.89. The monoisotopic (exact) mass is 378 g/mol. The van der Waals surface area contributed by atoms with E-state index in [0.717, 1.165) is 31.7 Å². The highest BCUT2D eigenvalue weighted by Crippen LogP contribution is 2.51. The second-order valence-corrected chi connectivity index (χ2v) is 9.56. The van der Waals surface area contributed by atoms with Crippen LogP contribution in [0.25, 0.3) is 0 Å². The van der Waals surface area contributed by atoms with Crippen molar-refractivity contribution in [3.63, 3.8) is 0 Å². The Hall–Kier alpha value is -0.850. The molecule has 6 heteroatoms. The first kappa shape index (κ1) is 19.5. The van der Waals surface area contributed by atoms with Crippen molar-refractivity contribution in [1.29, 1.82) is 0 Å². The van der Waals surface area contributed by atoms with E-state index >= 15 is 0 Å². The van der Waals surface area contributed by atoms with Gasteiger partial charge in [-0.15, -0.1) is 0 Å². The second-order valence-electron chi connectivity index (χ2n) is 9.56. The van der Waals surface area contributed by atoms with Gasteiger partial charge in [0, 0.05) is 63.3 Å². The lowest BCUT2D eigenvalue weighted by Crippen LogP contribution is -2.71. The summed E-state index contributed by atoms with van der Waals surface area (Å²) < 4.78 is 11.6. The van der Waals surface area contributed by atoms with Crippen LogP contribution in [0, 0.1) is 17.3 Å². The van der Waals surface area contributed by atoms with Crippen molar-refractivity contribution in [1.82, 2.24) is 15.5 Å². The van der Waals surface area contributed by atoms with Crippen LogP contribution < -0.4 is 10.6 Å². The molecule has 27 heavy (non-hydrogen) atoms. The fraction of sp³-hybridized carbons (Fsp3) is 0.952. The van der Waals surface area contributed by atoms with Crippen LogP contribution in [-0.2, 0) is 9.47 Å². The van der Waals surface area contributed by atoms with Crippen LogP contribution in [0.4, 0.5) is 0 Å². The van der Waals surface area contributed by atoms with Crippen molar-refractivity contribution in [3.8, 4) is 0 Å².